The van der Waals surface area contributed by atoms with Crippen molar-refractivity contribution in [2.24, 2.45) is 5.73 Å². The molecule has 0 radical (unpaired) electrons. The Bertz CT molecular complexity index is 375. The molecular formula is C13H20ClNO. The predicted octanol–water partition coefficient (Wildman–Crippen LogP) is 3.25. The maximum absolute atomic E-state index is 6.27. The van der Waals surface area contributed by atoms with Crippen molar-refractivity contribution < 1.29 is 4.74 Å². The molecule has 2 N–H and O–H groups in total. The largest absolute Gasteiger partial charge is 0.492 e. The first-order valence-electron chi connectivity index (χ1n) is 5.64. The van der Waals surface area contributed by atoms with Crippen molar-refractivity contribution in [2.75, 3.05) is 6.61 Å². The number of nitrogens with two attached hydrogens (primary N) is 1. The van der Waals surface area contributed by atoms with Crippen molar-refractivity contribution in [2.45, 2.75) is 40.2 Å². The van der Waals surface area contributed by atoms with Crippen LogP contribution in [0.2, 0.25) is 5.02 Å². The molecule has 0 amide bonds. The minimum Gasteiger partial charge on any atom is -0.492 e. The Balaban J connectivity index is 3.17. The zero-order valence-electron chi connectivity index (χ0n) is 10.4. The molecule has 0 spiro atoms. The predicted molar refractivity (Wildman–Crippen MR) is 69.4 cm³/mol. The third kappa shape index (κ3) is 2.89. The van der Waals surface area contributed by atoms with Crippen LogP contribution in [0.1, 0.15) is 30.5 Å². The van der Waals surface area contributed by atoms with Gasteiger partial charge in [-0.05, 0) is 56.9 Å². The normalized spacial score (nSPS) is 12.6. The quantitative estimate of drug-likeness (QED) is 0.878. The summed E-state index contributed by atoms with van der Waals surface area (Å²) in [5.74, 6) is 0.771. The van der Waals surface area contributed by atoms with E-state index in [2.05, 4.69) is 6.92 Å². The first kappa shape index (κ1) is 13.3. The topological polar surface area (TPSA) is 35.2 Å². The van der Waals surface area contributed by atoms with Crippen LogP contribution in [0.5, 0.6) is 5.75 Å². The molecule has 0 aliphatic rings. The highest BCUT2D eigenvalue weighted by Crippen LogP contribution is 2.33. The summed E-state index contributed by atoms with van der Waals surface area (Å²) in [7, 11) is 0. The third-order valence-corrected chi connectivity index (χ3v) is 3.12. The zero-order chi connectivity index (χ0) is 12.3. The third-order valence-electron chi connectivity index (χ3n) is 2.65. The standard InChI is InChI=1S/C13H20ClNO/c1-5-16-12-6-8(2)11(7-9(3)15)10(4)13(12)14/h6,9H,5,7,15H2,1-4H3. The summed E-state index contributed by atoms with van der Waals surface area (Å²) >= 11 is 6.27. The molecule has 0 saturated carbocycles. The molecule has 90 valence electrons. The van der Waals surface area contributed by atoms with Gasteiger partial charge in [-0.25, -0.2) is 0 Å². The maximum atomic E-state index is 6.27. The molecule has 1 aromatic rings. The van der Waals surface area contributed by atoms with E-state index in [1.165, 1.54) is 11.1 Å². The van der Waals surface area contributed by atoms with E-state index in [1.54, 1.807) is 0 Å². The second kappa shape index (κ2) is 5.55. The Morgan fingerprint density at radius 3 is 2.56 bits per heavy atom. The fourth-order valence-corrected chi connectivity index (χ4v) is 2.08. The number of rotatable bonds is 4. The van der Waals surface area contributed by atoms with Crippen molar-refractivity contribution in [1.29, 1.82) is 0 Å². The van der Waals surface area contributed by atoms with Gasteiger partial charge in [-0.3, -0.25) is 0 Å². The summed E-state index contributed by atoms with van der Waals surface area (Å²) in [6, 6.07) is 2.14. The highest BCUT2D eigenvalue weighted by molar-refractivity contribution is 6.33. The average Bonchev–Trinajstić information content (AvgIpc) is 2.21. The number of hydrogen-bond acceptors (Lipinski definition) is 2. The van der Waals surface area contributed by atoms with Gasteiger partial charge in [0, 0.05) is 6.04 Å². The van der Waals surface area contributed by atoms with E-state index >= 15 is 0 Å². The maximum Gasteiger partial charge on any atom is 0.138 e. The fraction of sp³-hybridized carbons (Fsp3) is 0.538. The lowest BCUT2D eigenvalue weighted by molar-refractivity contribution is 0.340. The van der Waals surface area contributed by atoms with Gasteiger partial charge in [-0.1, -0.05) is 11.6 Å². The van der Waals surface area contributed by atoms with Crippen LogP contribution in [0.15, 0.2) is 6.07 Å². The van der Waals surface area contributed by atoms with Crippen LogP contribution in [0.25, 0.3) is 0 Å². The van der Waals surface area contributed by atoms with Crippen LogP contribution in [0.4, 0.5) is 0 Å². The van der Waals surface area contributed by atoms with Crippen LogP contribution >= 0.6 is 11.6 Å². The van der Waals surface area contributed by atoms with Crippen molar-refractivity contribution in [3.8, 4) is 5.75 Å². The van der Waals surface area contributed by atoms with Crippen molar-refractivity contribution >= 4 is 11.6 Å². The van der Waals surface area contributed by atoms with Gasteiger partial charge in [0.05, 0.1) is 11.6 Å². The lowest BCUT2D eigenvalue weighted by Crippen LogP contribution is -2.19. The molecule has 0 bridgehead atoms. The van der Waals surface area contributed by atoms with E-state index in [1.807, 2.05) is 26.8 Å². The summed E-state index contributed by atoms with van der Waals surface area (Å²) < 4.78 is 5.50. The SMILES string of the molecule is CCOc1cc(C)c(CC(C)N)c(C)c1Cl. The highest BCUT2D eigenvalue weighted by atomic mass is 35.5. The molecule has 16 heavy (non-hydrogen) atoms. The van der Waals surface area contributed by atoms with Crippen LogP contribution in [-0.2, 0) is 6.42 Å². The van der Waals surface area contributed by atoms with E-state index < -0.39 is 0 Å². The Kier molecular flexibility index (Phi) is 4.63. The molecule has 2 nitrogen and oxygen atoms in total. The molecule has 1 atom stereocenters. The molecule has 0 saturated heterocycles. The van der Waals surface area contributed by atoms with Gasteiger partial charge in [0.1, 0.15) is 5.75 Å². The molecule has 1 rings (SSSR count). The van der Waals surface area contributed by atoms with Crippen LogP contribution in [0.3, 0.4) is 0 Å². The zero-order valence-corrected chi connectivity index (χ0v) is 11.2. The number of aryl methyl sites for hydroxylation is 1. The van der Waals surface area contributed by atoms with Gasteiger partial charge < -0.3 is 10.5 Å². The Hall–Kier alpha value is -0.730. The van der Waals surface area contributed by atoms with Crippen LogP contribution < -0.4 is 10.5 Å². The van der Waals surface area contributed by atoms with Gasteiger partial charge >= 0.3 is 0 Å². The summed E-state index contributed by atoms with van der Waals surface area (Å²) in [4.78, 5) is 0. The van der Waals surface area contributed by atoms with Crippen molar-refractivity contribution in [1.82, 2.24) is 0 Å². The number of halogens is 1. The van der Waals surface area contributed by atoms with E-state index in [9.17, 15) is 0 Å². The Morgan fingerprint density at radius 1 is 1.44 bits per heavy atom. The fourth-order valence-electron chi connectivity index (χ4n) is 1.86. The van der Waals surface area contributed by atoms with Crippen molar-refractivity contribution in [3.05, 3.63) is 27.8 Å². The second-order valence-corrected chi connectivity index (χ2v) is 4.60. The monoisotopic (exact) mass is 241 g/mol. The van der Waals surface area contributed by atoms with Crippen LogP contribution in [-0.4, -0.2) is 12.6 Å². The Morgan fingerprint density at radius 2 is 2.06 bits per heavy atom. The lowest BCUT2D eigenvalue weighted by atomic mass is 9.96. The van der Waals surface area contributed by atoms with E-state index in [0.29, 0.717) is 11.6 Å². The molecule has 0 aliphatic carbocycles. The first-order chi connectivity index (χ1) is 7.47. The summed E-state index contributed by atoms with van der Waals surface area (Å²) in [6.07, 6.45) is 0.851. The van der Waals surface area contributed by atoms with E-state index in [-0.39, 0.29) is 6.04 Å². The van der Waals surface area contributed by atoms with Gasteiger partial charge in [0.2, 0.25) is 0 Å². The van der Waals surface area contributed by atoms with Crippen LogP contribution in [0, 0.1) is 13.8 Å². The lowest BCUT2D eigenvalue weighted by Gasteiger charge is -2.16. The van der Waals surface area contributed by atoms with Crippen molar-refractivity contribution in [3.63, 3.8) is 0 Å². The number of benzene rings is 1. The summed E-state index contributed by atoms with van der Waals surface area (Å²) in [6.45, 7) is 8.68. The molecule has 0 aromatic heterocycles. The molecule has 0 heterocycles. The molecule has 1 unspecified atom stereocenters. The van der Waals surface area contributed by atoms with Gasteiger partial charge in [-0.2, -0.15) is 0 Å². The first-order valence-corrected chi connectivity index (χ1v) is 6.02. The van der Waals surface area contributed by atoms with Gasteiger partial charge in [0.15, 0.2) is 0 Å². The molecule has 1 aromatic carbocycles. The second-order valence-electron chi connectivity index (χ2n) is 4.22. The molecule has 0 aliphatic heterocycles. The van der Waals surface area contributed by atoms with E-state index in [0.717, 1.165) is 17.7 Å². The average molecular weight is 242 g/mol. The summed E-state index contributed by atoms with van der Waals surface area (Å²) in [5.41, 5.74) is 9.36. The molecule has 0 fully saturated rings. The smallest absolute Gasteiger partial charge is 0.138 e. The van der Waals surface area contributed by atoms with E-state index in [4.69, 9.17) is 22.1 Å². The van der Waals surface area contributed by atoms with Gasteiger partial charge in [0.25, 0.3) is 0 Å². The molecular weight excluding hydrogens is 222 g/mol. The number of ether oxygens (including phenoxy) is 1. The number of hydrogen-bond donors (Lipinski definition) is 1. The summed E-state index contributed by atoms with van der Waals surface area (Å²) in [5, 5.41) is 0.711. The minimum absolute atomic E-state index is 0.145. The Labute approximate surface area is 103 Å². The van der Waals surface area contributed by atoms with Gasteiger partial charge in [-0.15, -0.1) is 0 Å². The highest BCUT2D eigenvalue weighted by Gasteiger charge is 2.13. The molecule has 3 heteroatoms. The minimum atomic E-state index is 0.145.